The highest BCUT2D eigenvalue weighted by Gasteiger charge is 2.20. The van der Waals surface area contributed by atoms with Crippen LogP contribution >= 0.6 is 11.6 Å². The Bertz CT molecular complexity index is 864. The first-order valence-electron chi connectivity index (χ1n) is 6.45. The van der Waals surface area contributed by atoms with Gasteiger partial charge in [-0.1, -0.05) is 17.7 Å². The average Bonchev–Trinajstić information content (AvgIpc) is 2.51. The third-order valence-electron chi connectivity index (χ3n) is 3.20. The van der Waals surface area contributed by atoms with Crippen LogP contribution in [0.3, 0.4) is 0 Å². The molecule has 0 aliphatic heterocycles. The number of anilines is 1. The molecule has 0 fully saturated rings. The van der Waals surface area contributed by atoms with Gasteiger partial charge in [-0.2, -0.15) is 0 Å². The van der Waals surface area contributed by atoms with Crippen LogP contribution in [0.15, 0.2) is 41.3 Å². The van der Waals surface area contributed by atoms with Crippen LogP contribution in [0.2, 0.25) is 5.02 Å². The number of halogens is 1. The number of carbonyl (C=O) groups is 1. The van der Waals surface area contributed by atoms with Crippen molar-refractivity contribution in [2.45, 2.75) is 11.8 Å². The van der Waals surface area contributed by atoms with Gasteiger partial charge < -0.3 is 9.84 Å². The zero-order chi connectivity index (χ0) is 17.2. The number of phenolic OH excluding ortho intramolecular Hbond substituents is 1. The lowest BCUT2D eigenvalue weighted by Crippen LogP contribution is -2.15. The number of hydrogen-bond donors (Lipinski definition) is 2. The van der Waals surface area contributed by atoms with Crippen molar-refractivity contribution in [2.24, 2.45) is 0 Å². The van der Waals surface area contributed by atoms with E-state index in [4.69, 9.17) is 11.6 Å². The van der Waals surface area contributed by atoms with Crippen molar-refractivity contribution >= 4 is 33.3 Å². The van der Waals surface area contributed by atoms with E-state index < -0.39 is 16.0 Å². The number of aromatic hydroxyl groups is 1. The summed E-state index contributed by atoms with van der Waals surface area (Å²) in [5, 5.41) is 10.1. The molecule has 0 aliphatic rings. The van der Waals surface area contributed by atoms with Crippen molar-refractivity contribution in [3.63, 3.8) is 0 Å². The predicted molar refractivity (Wildman–Crippen MR) is 86.4 cm³/mol. The Morgan fingerprint density at radius 2 is 1.96 bits per heavy atom. The van der Waals surface area contributed by atoms with Crippen LogP contribution < -0.4 is 4.72 Å². The van der Waals surface area contributed by atoms with E-state index >= 15 is 0 Å². The van der Waals surface area contributed by atoms with Crippen LogP contribution in [-0.4, -0.2) is 26.6 Å². The van der Waals surface area contributed by atoms with E-state index in [1.807, 2.05) is 0 Å². The van der Waals surface area contributed by atoms with E-state index in [1.165, 1.54) is 6.07 Å². The number of methoxy groups -OCH3 is 1. The molecule has 2 aromatic rings. The highest BCUT2D eigenvalue weighted by atomic mass is 35.5. The van der Waals surface area contributed by atoms with Crippen LogP contribution in [0, 0.1) is 6.92 Å². The normalized spacial score (nSPS) is 11.1. The van der Waals surface area contributed by atoms with Crippen LogP contribution in [0.5, 0.6) is 5.75 Å². The van der Waals surface area contributed by atoms with Gasteiger partial charge in [0.2, 0.25) is 0 Å². The number of hydrogen-bond acceptors (Lipinski definition) is 5. The molecule has 0 saturated heterocycles. The summed E-state index contributed by atoms with van der Waals surface area (Å²) < 4.78 is 31.8. The van der Waals surface area contributed by atoms with Gasteiger partial charge in [-0.25, -0.2) is 13.2 Å². The molecule has 0 atom stereocenters. The molecule has 122 valence electrons. The van der Waals surface area contributed by atoms with Gasteiger partial charge in [-0.05, 0) is 42.8 Å². The van der Waals surface area contributed by atoms with Crippen LogP contribution in [-0.2, 0) is 14.8 Å². The molecule has 0 heterocycles. The minimum Gasteiger partial charge on any atom is -0.507 e. The summed E-state index contributed by atoms with van der Waals surface area (Å²) in [6.07, 6.45) is 0. The Morgan fingerprint density at radius 1 is 1.26 bits per heavy atom. The van der Waals surface area contributed by atoms with E-state index in [9.17, 15) is 18.3 Å². The molecule has 8 heteroatoms. The van der Waals surface area contributed by atoms with Gasteiger partial charge in [0.25, 0.3) is 10.0 Å². The second-order valence-electron chi connectivity index (χ2n) is 4.69. The highest BCUT2D eigenvalue weighted by Crippen LogP contribution is 2.27. The number of benzene rings is 2. The fraction of sp³-hybridized carbons (Fsp3) is 0.133. The van der Waals surface area contributed by atoms with E-state index in [2.05, 4.69) is 9.46 Å². The quantitative estimate of drug-likeness (QED) is 0.822. The maximum Gasteiger partial charge on any atom is 0.341 e. The fourth-order valence-corrected chi connectivity index (χ4v) is 3.20. The molecule has 0 unspecified atom stereocenters. The molecule has 0 amide bonds. The molecule has 2 aromatic carbocycles. The van der Waals surface area contributed by atoms with Crippen molar-refractivity contribution in [2.75, 3.05) is 11.8 Å². The number of carbonyl (C=O) groups excluding carboxylic acids is 1. The van der Waals surface area contributed by atoms with Crippen molar-refractivity contribution in [3.8, 4) is 5.75 Å². The molecule has 6 nitrogen and oxygen atoms in total. The summed E-state index contributed by atoms with van der Waals surface area (Å²) in [5.41, 5.74) is 0.660. The smallest absolute Gasteiger partial charge is 0.341 e. The zero-order valence-electron chi connectivity index (χ0n) is 12.3. The molecule has 23 heavy (non-hydrogen) atoms. The van der Waals surface area contributed by atoms with Crippen molar-refractivity contribution in [3.05, 3.63) is 52.5 Å². The van der Waals surface area contributed by atoms with E-state index in [0.717, 1.165) is 19.2 Å². The van der Waals surface area contributed by atoms with Crippen molar-refractivity contribution in [1.82, 2.24) is 0 Å². The molecule has 0 aliphatic carbocycles. The number of ether oxygens (including phenoxy) is 1. The minimum atomic E-state index is -3.96. The van der Waals surface area contributed by atoms with E-state index in [1.54, 1.807) is 25.1 Å². The Kier molecular flexibility index (Phi) is 4.82. The third-order valence-corrected chi connectivity index (χ3v) is 4.97. The van der Waals surface area contributed by atoms with Gasteiger partial charge in [0.1, 0.15) is 11.3 Å². The summed E-state index contributed by atoms with van der Waals surface area (Å²) >= 11 is 5.97. The summed E-state index contributed by atoms with van der Waals surface area (Å²) in [5.74, 6) is -1.20. The van der Waals surface area contributed by atoms with Gasteiger partial charge in [-0.15, -0.1) is 0 Å². The van der Waals surface area contributed by atoms with Gasteiger partial charge in [-0.3, -0.25) is 4.72 Å². The molecular weight excluding hydrogens is 342 g/mol. The number of rotatable bonds is 4. The lowest BCUT2D eigenvalue weighted by molar-refractivity contribution is 0.0597. The van der Waals surface area contributed by atoms with Gasteiger partial charge >= 0.3 is 5.97 Å². The lowest BCUT2D eigenvalue weighted by Gasteiger charge is -2.12. The van der Waals surface area contributed by atoms with Gasteiger partial charge in [0, 0.05) is 5.02 Å². The standard InChI is InChI=1S/C15H14ClNO5S/c1-9-12(16)4-3-5-13(9)17-23(20,21)10-6-7-14(18)11(8-10)15(19)22-2/h3-8,17-18H,1-2H3. The maximum atomic E-state index is 12.5. The molecule has 2 rings (SSSR count). The van der Waals surface area contributed by atoms with E-state index in [0.29, 0.717) is 16.3 Å². The second kappa shape index (κ2) is 6.47. The average molecular weight is 356 g/mol. The monoisotopic (exact) mass is 355 g/mol. The molecule has 0 bridgehead atoms. The SMILES string of the molecule is COC(=O)c1cc(S(=O)(=O)Nc2cccc(Cl)c2C)ccc1O. The minimum absolute atomic E-state index is 0.185. The molecule has 0 aromatic heterocycles. The molecule has 0 spiro atoms. The van der Waals surface area contributed by atoms with Crippen LogP contribution in [0.4, 0.5) is 5.69 Å². The largest absolute Gasteiger partial charge is 0.507 e. The Hall–Kier alpha value is -2.25. The number of phenols is 1. The van der Waals surface area contributed by atoms with Crippen molar-refractivity contribution < 1.29 is 23.1 Å². The second-order valence-corrected chi connectivity index (χ2v) is 6.78. The van der Waals surface area contributed by atoms with Crippen LogP contribution in [0.1, 0.15) is 15.9 Å². The van der Waals surface area contributed by atoms with Gasteiger partial charge in [0.15, 0.2) is 0 Å². The van der Waals surface area contributed by atoms with E-state index in [-0.39, 0.29) is 16.2 Å². The Labute approximate surface area is 138 Å². The Balaban J connectivity index is 2.44. The first-order chi connectivity index (χ1) is 10.8. The molecular formula is C15H14ClNO5S. The molecule has 0 radical (unpaired) electrons. The third kappa shape index (κ3) is 3.57. The topological polar surface area (TPSA) is 92.7 Å². The first kappa shape index (κ1) is 17.1. The summed E-state index contributed by atoms with van der Waals surface area (Å²) in [7, 11) is -2.83. The summed E-state index contributed by atoms with van der Waals surface area (Å²) in [6.45, 7) is 1.68. The fourth-order valence-electron chi connectivity index (χ4n) is 1.88. The number of sulfonamides is 1. The highest BCUT2D eigenvalue weighted by molar-refractivity contribution is 7.92. The van der Waals surface area contributed by atoms with Crippen LogP contribution in [0.25, 0.3) is 0 Å². The Morgan fingerprint density at radius 3 is 2.61 bits per heavy atom. The predicted octanol–water partition coefficient (Wildman–Crippen LogP) is 2.94. The maximum absolute atomic E-state index is 12.5. The number of nitrogens with one attached hydrogen (secondary N) is 1. The number of esters is 1. The summed E-state index contributed by atoms with van der Waals surface area (Å²) in [6, 6.07) is 8.17. The summed E-state index contributed by atoms with van der Waals surface area (Å²) in [4.78, 5) is 11.4. The molecule has 2 N–H and O–H groups in total. The van der Waals surface area contributed by atoms with Crippen molar-refractivity contribution in [1.29, 1.82) is 0 Å². The lowest BCUT2D eigenvalue weighted by atomic mass is 10.2. The van der Waals surface area contributed by atoms with Gasteiger partial charge in [0.05, 0.1) is 17.7 Å². The first-order valence-corrected chi connectivity index (χ1v) is 8.31. The molecule has 0 saturated carbocycles. The zero-order valence-corrected chi connectivity index (χ0v) is 13.9.